The van der Waals surface area contributed by atoms with Gasteiger partial charge in [-0.3, -0.25) is 4.79 Å². The molecule has 1 aliphatic carbocycles. The molecule has 0 atom stereocenters. The van der Waals surface area contributed by atoms with Crippen molar-refractivity contribution in [3.05, 3.63) is 23.0 Å². The van der Waals surface area contributed by atoms with Gasteiger partial charge in [-0.2, -0.15) is 0 Å². The van der Waals surface area contributed by atoms with E-state index >= 15 is 0 Å². The first kappa shape index (κ1) is 15.1. The number of amides is 1. The van der Waals surface area contributed by atoms with Crippen molar-refractivity contribution in [3.63, 3.8) is 0 Å². The van der Waals surface area contributed by atoms with Gasteiger partial charge >= 0.3 is 5.97 Å². The maximum absolute atomic E-state index is 12.5. The number of fused-ring (bicyclic) bond motifs is 1. The zero-order chi connectivity index (χ0) is 15.5. The number of hydrogen-bond donors (Lipinski definition) is 2. The number of hydrogen-bond acceptors (Lipinski definition) is 2. The average Bonchev–Trinajstić information content (AvgIpc) is 2.93. The monoisotopic (exact) mass is 304 g/mol. The van der Waals surface area contributed by atoms with Crippen LogP contribution in [0.15, 0.2) is 6.07 Å². The number of nitrogens with one attached hydrogen (secondary N) is 1. The molecule has 5 heteroatoms. The average molecular weight is 304 g/mol. The van der Waals surface area contributed by atoms with E-state index in [1.165, 1.54) is 32.1 Å². The van der Waals surface area contributed by atoms with Gasteiger partial charge in [-0.15, -0.1) is 0 Å². The van der Waals surface area contributed by atoms with E-state index in [0.717, 1.165) is 25.0 Å². The maximum atomic E-state index is 12.5. The molecule has 1 aliphatic heterocycles. The first-order valence-electron chi connectivity index (χ1n) is 8.40. The van der Waals surface area contributed by atoms with Crippen molar-refractivity contribution < 1.29 is 14.7 Å². The van der Waals surface area contributed by atoms with Crippen molar-refractivity contribution in [1.82, 2.24) is 9.88 Å². The largest absolute Gasteiger partial charge is 0.477 e. The van der Waals surface area contributed by atoms with Crippen LogP contribution in [0.1, 0.15) is 71.5 Å². The van der Waals surface area contributed by atoms with Crippen LogP contribution in [0, 0.1) is 5.92 Å². The molecule has 0 bridgehead atoms. The van der Waals surface area contributed by atoms with Crippen LogP contribution in [0.5, 0.6) is 0 Å². The van der Waals surface area contributed by atoms with Crippen molar-refractivity contribution in [2.24, 2.45) is 5.92 Å². The van der Waals surface area contributed by atoms with Gasteiger partial charge in [0.15, 0.2) is 0 Å². The van der Waals surface area contributed by atoms with Crippen LogP contribution >= 0.6 is 0 Å². The third-order valence-corrected chi connectivity index (χ3v) is 4.99. The molecule has 5 nitrogen and oxygen atoms in total. The van der Waals surface area contributed by atoms with Gasteiger partial charge in [0.2, 0.25) is 0 Å². The van der Waals surface area contributed by atoms with Crippen LogP contribution in [0.3, 0.4) is 0 Å². The van der Waals surface area contributed by atoms with Crippen LogP contribution in [-0.4, -0.2) is 28.1 Å². The van der Waals surface area contributed by atoms with E-state index in [2.05, 4.69) is 5.32 Å². The molecule has 2 N–H and O–H groups in total. The van der Waals surface area contributed by atoms with Crippen molar-refractivity contribution in [3.8, 4) is 0 Å². The lowest BCUT2D eigenvalue weighted by Crippen LogP contribution is -2.31. The number of nitrogens with zero attached hydrogens (tertiary/aromatic N) is 1. The fourth-order valence-electron chi connectivity index (χ4n) is 3.77. The molecular weight excluding hydrogens is 280 g/mol. The number of carbonyl (C=O) groups excluding carboxylic acids is 1. The fraction of sp³-hybridized carbons (Fsp3) is 0.647. The van der Waals surface area contributed by atoms with E-state index in [4.69, 9.17) is 0 Å². The molecule has 0 radical (unpaired) electrons. The lowest BCUT2D eigenvalue weighted by Gasteiger charge is -2.22. The van der Waals surface area contributed by atoms with Gasteiger partial charge in [0.05, 0.1) is 5.56 Å². The number of aromatic carboxylic acids is 1. The second kappa shape index (κ2) is 6.55. The molecule has 0 spiro atoms. The van der Waals surface area contributed by atoms with Gasteiger partial charge in [0, 0.05) is 18.8 Å². The number of carboxylic acid groups (broad SMARTS) is 1. The molecule has 2 aliphatic rings. The molecule has 0 aromatic carbocycles. The highest BCUT2D eigenvalue weighted by molar-refractivity contribution is 5.98. The minimum atomic E-state index is -0.950. The van der Waals surface area contributed by atoms with Crippen LogP contribution in [0.2, 0.25) is 0 Å². The highest BCUT2D eigenvalue weighted by Crippen LogP contribution is 2.25. The number of carboxylic acids is 1. The van der Waals surface area contributed by atoms with E-state index in [1.54, 1.807) is 10.6 Å². The Morgan fingerprint density at radius 3 is 2.68 bits per heavy atom. The molecule has 2 heterocycles. The Hall–Kier alpha value is -1.78. The summed E-state index contributed by atoms with van der Waals surface area (Å²) in [6.07, 6.45) is 8.98. The third kappa shape index (κ3) is 3.03. The summed E-state index contributed by atoms with van der Waals surface area (Å²) >= 11 is 0. The van der Waals surface area contributed by atoms with Crippen LogP contribution < -0.4 is 5.32 Å². The van der Waals surface area contributed by atoms with E-state index in [0.29, 0.717) is 24.6 Å². The zero-order valence-corrected chi connectivity index (χ0v) is 12.9. The Morgan fingerprint density at radius 1 is 1.18 bits per heavy atom. The quantitative estimate of drug-likeness (QED) is 0.898. The molecule has 0 unspecified atom stereocenters. The minimum absolute atomic E-state index is 0.108. The lowest BCUT2D eigenvalue weighted by atomic mass is 9.89. The smallest absolute Gasteiger partial charge is 0.352 e. The van der Waals surface area contributed by atoms with Crippen molar-refractivity contribution >= 4 is 11.9 Å². The summed E-state index contributed by atoms with van der Waals surface area (Å²) < 4.78 is 1.81. The Labute approximate surface area is 130 Å². The molecule has 3 rings (SSSR count). The summed E-state index contributed by atoms with van der Waals surface area (Å²) in [5, 5.41) is 12.3. The van der Waals surface area contributed by atoms with Gasteiger partial charge in [-0.1, -0.05) is 19.3 Å². The topological polar surface area (TPSA) is 71.3 Å². The lowest BCUT2D eigenvalue weighted by molar-refractivity contribution is 0.0683. The van der Waals surface area contributed by atoms with Crippen LogP contribution in [0.4, 0.5) is 0 Å². The maximum Gasteiger partial charge on any atom is 0.352 e. The minimum Gasteiger partial charge on any atom is -0.477 e. The predicted molar refractivity (Wildman–Crippen MR) is 83.2 cm³/mol. The SMILES string of the molecule is O=C(NCC1CCCCC1)c1cc(C(=O)O)n2c1CCCC2. The Kier molecular flexibility index (Phi) is 4.50. The van der Waals surface area contributed by atoms with Gasteiger partial charge < -0.3 is 15.0 Å². The van der Waals surface area contributed by atoms with Crippen LogP contribution in [0.25, 0.3) is 0 Å². The van der Waals surface area contributed by atoms with E-state index < -0.39 is 5.97 Å². The molecule has 22 heavy (non-hydrogen) atoms. The van der Waals surface area contributed by atoms with E-state index in [-0.39, 0.29) is 11.6 Å². The standard InChI is InChI=1S/C17H24N2O3/c20-16(18-11-12-6-2-1-3-7-12)13-10-15(17(21)22)19-9-5-4-8-14(13)19/h10,12H,1-9,11H2,(H,18,20)(H,21,22). The highest BCUT2D eigenvalue weighted by atomic mass is 16.4. The molecule has 120 valence electrons. The molecule has 1 aromatic rings. The van der Waals surface area contributed by atoms with Crippen molar-refractivity contribution in [2.45, 2.75) is 57.9 Å². The molecule has 1 fully saturated rings. The Balaban J connectivity index is 1.73. The van der Waals surface area contributed by atoms with E-state index in [1.807, 2.05) is 0 Å². The molecular formula is C17H24N2O3. The van der Waals surface area contributed by atoms with Gasteiger partial charge in [-0.25, -0.2) is 4.79 Å². The van der Waals surface area contributed by atoms with Gasteiger partial charge in [0.1, 0.15) is 5.69 Å². The third-order valence-electron chi connectivity index (χ3n) is 4.99. The van der Waals surface area contributed by atoms with Gasteiger partial charge in [0.25, 0.3) is 5.91 Å². The van der Waals surface area contributed by atoms with Crippen molar-refractivity contribution in [2.75, 3.05) is 6.54 Å². The summed E-state index contributed by atoms with van der Waals surface area (Å²) in [6, 6.07) is 1.55. The molecule has 1 saturated carbocycles. The summed E-state index contributed by atoms with van der Waals surface area (Å²) in [7, 11) is 0. The number of aromatic nitrogens is 1. The highest BCUT2D eigenvalue weighted by Gasteiger charge is 2.25. The predicted octanol–water partition coefficient (Wildman–Crippen LogP) is 2.83. The summed E-state index contributed by atoms with van der Waals surface area (Å²) in [4.78, 5) is 23.8. The van der Waals surface area contributed by atoms with E-state index in [9.17, 15) is 14.7 Å². The molecule has 1 amide bonds. The summed E-state index contributed by atoms with van der Waals surface area (Å²) in [5.74, 6) is -0.478. The second-order valence-electron chi connectivity index (χ2n) is 6.52. The normalized spacial score (nSPS) is 18.7. The van der Waals surface area contributed by atoms with Crippen LogP contribution in [-0.2, 0) is 13.0 Å². The summed E-state index contributed by atoms with van der Waals surface area (Å²) in [5.41, 5.74) is 1.70. The fourth-order valence-corrected chi connectivity index (χ4v) is 3.77. The van der Waals surface area contributed by atoms with Crippen molar-refractivity contribution in [1.29, 1.82) is 0 Å². The zero-order valence-electron chi connectivity index (χ0n) is 12.9. The number of rotatable bonds is 4. The second-order valence-corrected chi connectivity index (χ2v) is 6.52. The van der Waals surface area contributed by atoms with Gasteiger partial charge in [-0.05, 0) is 44.1 Å². The summed E-state index contributed by atoms with van der Waals surface area (Å²) in [6.45, 7) is 1.42. The number of carbonyl (C=O) groups is 2. The molecule has 1 aromatic heterocycles. The Morgan fingerprint density at radius 2 is 1.95 bits per heavy atom. The molecule has 0 saturated heterocycles. The first-order chi connectivity index (χ1) is 10.7. The first-order valence-corrected chi connectivity index (χ1v) is 8.40. The Bertz CT molecular complexity index is 571.